The number of methoxy groups -OCH3 is 1. The number of non-ortho nitro benzene ring substituents is 1. The van der Waals surface area contributed by atoms with E-state index in [1.807, 2.05) is 0 Å². The maximum absolute atomic E-state index is 12.2. The van der Waals surface area contributed by atoms with Crippen molar-refractivity contribution < 1.29 is 19.2 Å². The number of ether oxygens (including phenoxy) is 1. The normalized spacial score (nSPS) is 17.8. The zero-order valence-corrected chi connectivity index (χ0v) is 11.4. The molecule has 0 bridgehead atoms. The number of amides is 2. The van der Waals surface area contributed by atoms with Gasteiger partial charge in [-0.3, -0.25) is 19.7 Å². The summed E-state index contributed by atoms with van der Waals surface area (Å²) in [4.78, 5) is 33.4. The number of benzene rings is 1. The van der Waals surface area contributed by atoms with Gasteiger partial charge in [0, 0.05) is 25.1 Å². The van der Waals surface area contributed by atoms with Gasteiger partial charge in [-0.1, -0.05) is 0 Å². The van der Waals surface area contributed by atoms with Gasteiger partial charge in [0.1, 0.15) is 5.75 Å². The lowest BCUT2D eigenvalue weighted by atomic mass is 10.1. The van der Waals surface area contributed by atoms with Gasteiger partial charge in [0.15, 0.2) is 0 Å². The molecular formula is C13H15N3O5. The molecule has 8 heteroatoms. The Morgan fingerprint density at radius 2 is 2.29 bits per heavy atom. The lowest BCUT2D eigenvalue weighted by Gasteiger charge is -2.23. The molecule has 112 valence electrons. The van der Waals surface area contributed by atoms with Gasteiger partial charge in [0.05, 0.1) is 23.7 Å². The second kappa shape index (κ2) is 6.21. The van der Waals surface area contributed by atoms with Gasteiger partial charge in [-0.05, 0) is 12.5 Å². The number of piperidine rings is 1. The molecule has 1 fully saturated rings. The van der Waals surface area contributed by atoms with Crippen LogP contribution in [0.3, 0.4) is 0 Å². The van der Waals surface area contributed by atoms with Gasteiger partial charge in [-0.25, -0.2) is 0 Å². The van der Waals surface area contributed by atoms with Crippen molar-refractivity contribution in [2.45, 2.75) is 18.9 Å². The topological polar surface area (TPSA) is 111 Å². The zero-order valence-electron chi connectivity index (χ0n) is 11.4. The summed E-state index contributed by atoms with van der Waals surface area (Å²) in [5.74, 6) is -0.280. The Bertz CT molecular complexity index is 577. The molecule has 1 heterocycles. The Hall–Kier alpha value is -2.64. The molecule has 0 aliphatic carbocycles. The molecule has 2 N–H and O–H groups in total. The molecule has 1 aliphatic heterocycles. The standard InChI is InChI=1S/C13H15N3O5/c1-21-11-6-9(16(19)20)3-4-10(11)13(18)15-8-2-5-12(17)14-7-8/h3-4,6,8H,2,5,7H2,1H3,(H,14,17)(H,15,18). The predicted octanol–water partition coefficient (Wildman–Crippen LogP) is 0.612. The van der Waals surface area contributed by atoms with E-state index in [1.54, 1.807) is 0 Å². The summed E-state index contributed by atoms with van der Waals surface area (Å²) in [5.41, 5.74) is 0.0772. The average molecular weight is 293 g/mol. The molecular weight excluding hydrogens is 278 g/mol. The number of hydrogen-bond donors (Lipinski definition) is 2. The van der Waals surface area contributed by atoms with Gasteiger partial charge < -0.3 is 15.4 Å². The summed E-state index contributed by atoms with van der Waals surface area (Å²) < 4.78 is 5.03. The average Bonchev–Trinajstić information content (AvgIpc) is 2.48. The third kappa shape index (κ3) is 3.47. The number of nitro groups is 1. The molecule has 0 radical (unpaired) electrons. The van der Waals surface area contributed by atoms with E-state index in [1.165, 1.54) is 25.3 Å². The summed E-state index contributed by atoms with van der Waals surface area (Å²) in [6, 6.07) is 3.65. The summed E-state index contributed by atoms with van der Waals surface area (Å²) >= 11 is 0. The molecule has 1 unspecified atom stereocenters. The van der Waals surface area contributed by atoms with Crippen molar-refractivity contribution in [3.05, 3.63) is 33.9 Å². The second-order valence-electron chi connectivity index (χ2n) is 4.65. The smallest absolute Gasteiger partial charge is 0.273 e. The second-order valence-corrected chi connectivity index (χ2v) is 4.65. The lowest BCUT2D eigenvalue weighted by molar-refractivity contribution is -0.384. The Balaban J connectivity index is 2.11. The summed E-state index contributed by atoms with van der Waals surface area (Å²) in [6.45, 7) is 0.375. The van der Waals surface area contributed by atoms with Crippen LogP contribution >= 0.6 is 0 Å². The van der Waals surface area contributed by atoms with E-state index >= 15 is 0 Å². The van der Waals surface area contributed by atoms with Crippen LogP contribution < -0.4 is 15.4 Å². The van der Waals surface area contributed by atoms with Crippen LogP contribution in [0.15, 0.2) is 18.2 Å². The Morgan fingerprint density at radius 1 is 1.52 bits per heavy atom. The molecule has 0 aromatic heterocycles. The van der Waals surface area contributed by atoms with Gasteiger partial charge in [0.25, 0.3) is 11.6 Å². The van der Waals surface area contributed by atoms with E-state index in [0.29, 0.717) is 19.4 Å². The summed E-state index contributed by atoms with van der Waals surface area (Å²) in [7, 11) is 1.34. The number of nitrogens with one attached hydrogen (secondary N) is 2. The molecule has 1 aromatic rings. The minimum Gasteiger partial charge on any atom is -0.496 e. The number of carbonyl (C=O) groups is 2. The van der Waals surface area contributed by atoms with Gasteiger partial charge in [-0.15, -0.1) is 0 Å². The van der Waals surface area contributed by atoms with Crippen LogP contribution in [0, 0.1) is 10.1 Å². The quantitative estimate of drug-likeness (QED) is 0.624. The molecule has 2 rings (SSSR count). The van der Waals surface area contributed by atoms with Crippen molar-refractivity contribution in [2.75, 3.05) is 13.7 Å². The van der Waals surface area contributed by atoms with Crippen molar-refractivity contribution in [1.29, 1.82) is 0 Å². The van der Waals surface area contributed by atoms with Crippen molar-refractivity contribution in [2.24, 2.45) is 0 Å². The molecule has 1 saturated heterocycles. The van der Waals surface area contributed by atoms with E-state index < -0.39 is 4.92 Å². The van der Waals surface area contributed by atoms with Crippen LogP contribution in [0.25, 0.3) is 0 Å². The SMILES string of the molecule is COc1cc([N+](=O)[O-])ccc1C(=O)NC1CCC(=O)NC1. The number of carbonyl (C=O) groups excluding carboxylic acids is 2. The van der Waals surface area contributed by atoms with Gasteiger partial charge in [0.2, 0.25) is 5.91 Å². The highest BCUT2D eigenvalue weighted by atomic mass is 16.6. The predicted molar refractivity (Wildman–Crippen MR) is 73.1 cm³/mol. The molecule has 8 nitrogen and oxygen atoms in total. The zero-order chi connectivity index (χ0) is 15.4. The fourth-order valence-corrected chi connectivity index (χ4v) is 2.10. The van der Waals surface area contributed by atoms with Crippen molar-refractivity contribution in [1.82, 2.24) is 10.6 Å². The summed E-state index contributed by atoms with van der Waals surface area (Å²) in [5, 5.41) is 16.2. The maximum atomic E-state index is 12.2. The monoisotopic (exact) mass is 293 g/mol. The van der Waals surface area contributed by atoms with Crippen molar-refractivity contribution in [3.8, 4) is 5.75 Å². The molecule has 2 amide bonds. The van der Waals surface area contributed by atoms with Crippen LogP contribution in [0.2, 0.25) is 0 Å². The summed E-state index contributed by atoms with van der Waals surface area (Å²) in [6.07, 6.45) is 0.926. The number of nitro benzene ring substituents is 1. The first-order valence-electron chi connectivity index (χ1n) is 6.41. The first-order chi connectivity index (χ1) is 10.0. The third-order valence-electron chi connectivity index (χ3n) is 3.24. The highest BCUT2D eigenvalue weighted by Crippen LogP contribution is 2.24. The third-order valence-corrected chi connectivity index (χ3v) is 3.24. The molecule has 1 atom stereocenters. The minimum atomic E-state index is -0.555. The Kier molecular flexibility index (Phi) is 4.36. The Morgan fingerprint density at radius 3 is 2.86 bits per heavy atom. The highest BCUT2D eigenvalue weighted by Gasteiger charge is 2.22. The van der Waals surface area contributed by atoms with E-state index in [-0.39, 0.29) is 34.9 Å². The lowest BCUT2D eigenvalue weighted by Crippen LogP contribution is -2.47. The van der Waals surface area contributed by atoms with Crippen LogP contribution in [0.4, 0.5) is 5.69 Å². The van der Waals surface area contributed by atoms with E-state index in [9.17, 15) is 19.7 Å². The van der Waals surface area contributed by atoms with Crippen molar-refractivity contribution >= 4 is 17.5 Å². The first-order valence-corrected chi connectivity index (χ1v) is 6.41. The fraction of sp³-hybridized carbons (Fsp3) is 0.385. The minimum absolute atomic E-state index is 0.0339. The first kappa shape index (κ1) is 14.8. The van der Waals surface area contributed by atoms with Crippen LogP contribution in [0.5, 0.6) is 5.75 Å². The Labute approximate surface area is 120 Å². The molecule has 21 heavy (non-hydrogen) atoms. The van der Waals surface area contributed by atoms with Crippen LogP contribution in [-0.4, -0.2) is 36.4 Å². The molecule has 0 saturated carbocycles. The van der Waals surface area contributed by atoms with Crippen LogP contribution in [0.1, 0.15) is 23.2 Å². The van der Waals surface area contributed by atoms with E-state index in [4.69, 9.17) is 4.74 Å². The number of hydrogen-bond acceptors (Lipinski definition) is 5. The van der Waals surface area contributed by atoms with Gasteiger partial charge in [-0.2, -0.15) is 0 Å². The van der Waals surface area contributed by atoms with Gasteiger partial charge >= 0.3 is 0 Å². The number of rotatable bonds is 4. The number of nitrogens with zero attached hydrogens (tertiary/aromatic N) is 1. The largest absolute Gasteiger partial charge is 0.496 e. The van der Waals surface area contributed by atoms with Crippen molar-refractivity contribution in [3.63, 3.8) is 0 Å². The highest BCUT2D eigenvalue weighted by molar-refractivity contribution is 5.97. The van der Waals surface area contributed by atoms with Crippen LogP contribution in [-0.2, 0) is 4.79 Å². The molecule has 0 spiro atoms. The van der Waals surface area contributed by atoms with E-state index in [0.717, 1.165) is 0 Å². The fourth-order valence-electron chi connectivity index (χ4n) is 2.10. The molecule has 1 aromatic carbocycles. The van der Waals surface area contributed by atoms with E-state index in [2.05, 4.69) is 10.6 Å². The maximum Gasteiger partial charge on any atom is 0.273 e. The molecule has 1 aliphatic rings.